The summed E-state index contributed by atoms with van der Waals surface area (Å²) in [5, 5.41) is 2.44. The van der Waals surface area contributed by atoms with Crippen molar-refractivity contribution in [3.05, 3.63) is 64.9 Å². The first-order valence-electron chi connectivity index (χ1n) is 9.46. The Balaban J connectivity index is 2.29. The fourth-order valence-corrected chi connectivity index (χ4v) is 2.57. The highest BCUT2D eigenvalue weighted by Crippen LogP contribution is 2.29. The van der Waals surface area contributed by atoms with Crippen molar-refractivity contribution >= 4 is 23.8 Å². The van der Waals surface area contributed by atoms with Crippen molar-refractivity contribution in [3.63, 3.8) is 0 Å². The van der Waals surface area contributed by atoms with Gasteiger partial charge in [0.1, 0.15) is 23.7 Å². The highest BCUT2D eigenvalue weighted by molar-refractivity contribution is 5.97. The zero-order valence-electron chi connectivity index (χ0n) is 17.9. The first-order valence-corrected chi connectivity index (χ1v) is 9.46. The van der Waals surface area contributed by atoms with Gasteiger partial charge in [0, 0.05) is 0 Å². The van der Waals surface area contributed by atoms with Gasteiger partial charge in [-0.25, -0.2) is 9.59 Å². The number of esters is 1. The number of alkyl carbamates (subject to hydrolysis) is 1. The van der Waals surface area contributed by atoms with Gasteiger partial charge in [0.15, 0.2) is 0 Å². The predicted molar refractivity (Wildman–Crippen MR) is 116 cm³/mol. The normalized spacial score (nSPS) is 11.6. The van der Waals surface area contributed by atoms with Gasteiger partial charge >= 0.3 is 12.1 Å². The van der Waals surface area contributed by atoms with Crippen LogP contribution < -0.4 is 15.8 Å². The summed E-state index contributed by atoms with van der Waals surface area (Å²) in [6.45, 7) is 7.37. The Morgan fingerprint density at radius 1 is 1.13 bits per heavy atom. The maximum absolute atomic E-state index is 12.1. The maximum atomic E-state index is 12.1. The summed E-state index contributed by atoms with van der Waals surface area (Å²) in [5.74, 6) is -0.228. The molecule has 0 atom stereocenters. The molecular formula is C23H28N2O5. The largest absolute Gasteiger partial charge is 0.487 e. The molecule has 30 heavy (non-hydrogen) atoms. The monoisotopic (exact) mass is 412 g/mol. The molecule has 0 saturated heterocycles. The number of hydrogen-bond donors (Lipinski definition) is 2. The van der Waals surface area contributed by atoms with E-state index in [0.29, 0.717) is 23.6 Å². The quantitative estimate of drug-likeness (QED) is 0.419. The minimum atomic E-state index is -0.758. The molecule has 0 spiro atoms. The summed E-state index contributed by atoms with van der Waals surface area (Å²) < 4.78 is 15.9. The lowest BCUT2D eigenvalue weighted by atomic mass is 10.1. The van der Waals surface area contributed by atoms with Crippen LogP contribution in [0.15, 0.2) is 48.2 Å². The molecule has 0 heterocycles. The van der Waals surface area contributed by atoms with E-state index in [9.17, 15) is 9.59 Å². The van der Waals surface area contributed by atoms with Gasteiger partial charge in [-0.1, -0.05) is 30.3 Å². The van der Waals surface area contributed by atoms with Crippen LogP contribution in [0.3, 0.4) is 0 Å². The number of nitrogens with two attached hydrogens (primary N) is 1. The lowest BCUT2D eigenvalue weighted by Crippen LogP contribution is -2.34. The molecule has 2 aromatic rings. The average Bonchev–Trinajstić information content (AvgIpc) is 2.67. The van der Waals surface area contributed by atoms with Crippen molar-refractivity contribution in [2.75, 3.05) is 12.8 Å². The third-order valence-corrected chi connectivity index (χ3v) is 3.96. The third-order valence-electron chi connectivity index (χ3n) is 3.96. The third kappa shape index (κ3) is 6.84. The van der Waals surface area contributed by atoms with E-state index in [1.54, 1.807) is 32.9 Å². The van der Waals surface area contributed by atoms with Crippen LogP contribution >= 0.6 is 0 Å². The SMILES string of the molecule is COC(=O)/C(=C/c1cc(C)c(N)c(OCc2ccccc2)c1)NC(=O)OC(C)(C)C. The number of methoxy groups -OCH3 is 1. The maximum Gasteiger partial charge on any atom is 0.412 e. The molecule has 0 bridgehead atoms. The second-order valence-electron chi connectivity index (χ2n) is 7.70. The molecule has 7 nitrogen and oxygen atoms in total. The van der Waals surface area contributed by atoms with Crippen LogP contribution in [0.2, 0.25) is 0 Å². The second-order valence-corrected chi connectivity index (χ2v) is 7.70. The van der Waals surface area contributed by atoms with E-state index in [-0.39, 0.29) is 5.70 Å². The minimum Gasteiger partial charge on any atom is -0.487 e. The summed E-state index contributed by atoms with van der Waals surface area (Å²) in [6, 6.07) is 13.2. The smallest absolute Gasteiger partial charge is 0.412 e. The fraction of sp³-hybridized carbons (Fsp3) is 0.304. The van der Waals surface area contributed by atoms with Crippen LogP contribution in [0, 0.1) is 6.92 Å². The highest BCUT2D eigenvalue weighted by Gasteiger charge is 2.20. The number of aryl methyl sites for hydroxylation is 1. The molecular weight excluding hydrogens is 384 g/mol. The number of anilines is 1. The number of carbonyl (C=O) groups is 2. The molecule has 3 N–H and O–H groups in total. The first kappa shape index (κ1) is 22.8. The van der Waals surface area contributed by atoms with Crippen molar-refractivity contribution in [1.82, 2.24) is 5.32 Å². The van der Waals surface area contributed by atoms with Gasteiger partial charge in [0.25, 0.3) is 0 Å². The molecule has 0 aliphatic heterocycles. The number of benzene rings is 2. The summed E-state index contributed by atoms with van der Waals surface area (Å²) in [7, 11) is 1.23. The van der Waals surface area contributed by atoms with Crippen molar-refractivity contribution < 1.29 is 23.8 Å². The van der Waals surface area contributed by atoms with Crippen LogP contribution in [-0.2, 0) is 20.9 Å². The average molecular weight is 412 g/mol. The number of nitrogen functional groups attached to an aromatic ring is 1. The zero-order chi connectivity index (χ0) is 22.3. The Kier molecular flexibility index (Phi) is 7.47. The van der Waals surface area contributed by atoms with Crippen molar-refractivity contribution in [2.45, 2.75) is 39.9 Å². The summed E-state index contributed by atoms with van der Waals surface area (Å²) >= 11 is 0. The highest BCUT2D eigenvalue weighted by atomic mass is 16.6. The fourth-order valence-electron chi connectivity index (χ4n) is 2.57. The first-order chi connectivity index (χ1) is 14.1. The number of rotatable bonds is 6. The Morgan fingerprint density at radius 3 is 2.40 bits per heavy atom. The number of hydrogen-bond acceptors (Lipinski definition) is 6. The van der Waals surface area contributed by atoms with Crippen LogP contribution in [0.1, 0.15) is 37.5 Å². The lowest BCUT2D eigenvalue weighted by Gasteiger charge is -2.20. The van der Waals surface area contributed by atoms with Crippen LogP contribution in [-0.4, -0.2) is 24.8 Å². The van der Waals surface area contributed by atoms with E-state index in [1.165, 1.54) is 13.2 Å². The Hall–Kier alpha value is -3.48. The Morgan fingerprint density at radius 2 is 1.80 bits per heavy atom. The summed E-state index contributed by atoms with van der Waals surface area (Å²) in [6.07, 6.45) is 0.726. The molecule has 0 unspecified atom stereocenters. The van der Waals surface area contributed by atoms with Crippen molar-refractivity contribution in [3.8, 4) is 5.75 Å². The molecule has 2 aromatic carbocycles. The summed E-state index contributed by atoms with van der Waals surface area (Å²) in [4.78, 5) is 24.2. The van der Waals surface area contributed by atoms with Gasteiger partial charge < -0.3 is 19.9 Å². The van der Waals surface area contributed by atoms with E-state index in [2.05, 4.69) is 5.32 Å². The van der Waals surface area contributed by atoms with Gasteiger partial charge in [0.2, 0.25) is 0 Å². The standard InChI is InChI=1S/C23H28N2O5/c1-15-11-17(12-18(21(26)28-5)25-22(27)30-23(2,3)4)13-19(20(15)24)29-14-16-9-7-6-8-10-16/h6-13H,14,24H2,1-5H3,(H,25,27)/b18-12-. The topological polar surface area (TPSA) is 99.9 Å². The van der Waals surface area contributed by atoms with Gasteiger partial charge in [0.05, 0.1) is 12.8 Å². The molecule has 0 aromatic heterocycles. The zero-order valence-corrected chi connectivity index (χ0v) is 17.9. The molecule has 7 heteroatoms. The van der Waals surface area contributed by atoms with Crippen molar-refractivity contribution in [1.29, 1.82) is 0 Å². The van der Waals surface area contributed by atoms with Crippen LogP contribution in [0.5, 0.6) is 5.75 Å². The van der Waals surface area contributed by atoms with E-state index in [4.69, 9.17) is 19.9 Å². The van der Waals surface area contributed by atoms with Crippen LogP contribution in [0.4, 0.5) is 10.5 Å². The molecule has 2 rings (SSSR count). The molecule has 0 aliphatic rings. The number of ether oxygens (including phenoxy) is 3. The van der Waals surface area contributed by atoms with E-state index in [1.807, 2.05) is 37.3 Å². The van der Waals surface area contributed by atoms with Gasteiger partial charge in [-0.15, -0.1) is 0 Å². The molecule has 1 amide bonds. The van der Waals surface area contributed by atoms with Crippen molar-refractivity contribution in [2.24, 2.45) is 0 Å². The Bertz CT molecular complexity index is 931. The van der Waals surface area contributed by atoms with Gasteiger partial charge in [-0.2, -0.15) is 0 Å². The van der Waals surface area contributed by atoms with Crippen LogP contribution in [0.25, 0.3) is 6.08 Å². The number of amides is 1. The van der Waals surface area contributed by atoms with E-state index >= 15 is 0 Å². The molecule has 0 aliphatic carbocycles. The lowest BCUT2D eigenvalue weighted by molar-refractivity contribution is -0.136. The summed E-state index contributed by atoms with van der Waals surface area (Å²) in [5.41, 5.74) is 8.27. The van der Waals surface area contributed by atoms with E-state index in [0.717, 1.165) is 11.1 Å². The number of carbonyl (C=O) groups excluding carboxylic acids is 2. The van der Waals surface area contributed by atoms with E-state index < -0.39 is 17.7 Å². The molecule has 160 valence electrons. The Labute approximate surface area is 176 Å². The van der Waals surface area contributed by atoms with Gasteiger partial charge in [-0.05, 0) is 62.6 Å². The molecule has 0 radical (unpaired) electrons. The molecule has 0 saturated carbocycles. The predicted octanol–water partition coefficient (Wildman–Crippen LogP) is 4.19. The number of nitrogens with one attached hydrogen (secondary N) is 1. The second kappa shape index (κ2) is 9.82. The van der Waals surface area contributed by atoms with Gasteiger partial charge in [-0.3, -0.25) is 5.32 Å². The molecule has 0 fully saturated rings. The minimum absolute atomic E-state index is 0.0649.